The Hall–Kier alpha value is -4.18. The van der Waals surface area contributed by atoms with Crippen molar-refractivity contribution in [3.05, 3.63) is 44.5 Å². The van der Waals surface area contributed by atoms with Crippen LogP contribution in [0.25, 0.3) is 9.75 Å². The van der Waals surface area contributed by atoms with Crippen molar-refractivity contribution in [1.82, 2.24) is 9.80 Å². The summed E-state index contributed by atoms with van der Waals surface area (Å²) in [7, 11) is 0. The fourth-order valence-corrected chi connectivity index (χ4v) is 9.35. The van der Waals surface area contributed by atoms with Crippen molar-refractivity contribution < 1.29 is 9.59 Å². The van der Waals surface area contributed by atoms with Crippen molar-refractivity contribution in [3.8, 4) is 34.0 Å². The number of rotatable bonds is 4. The van der Waals surface area contributed by atoms with Crippen LogP contribution < -0.4 is 0 Å². The molecule has 0 spiro atoms. The van der Waals surface area contributed by atoms with E-state index in [9.17, 15) is 30.6 Å². The van der Waals surface area contributed by atoms with Crippen LogP contribution in [-0.2, 0) is 15.0 Å². The van der Waals surface area contributed by atoms with Gasteiger partial charge in [0.2, 0.25) is 0 Å². The van der Waals surface area contributed by atoms with E-state index in [-0.39, 0.29) is 38.5 Å². The van der Waals surface area contributed by atoms with Gasteiger partial charge in [0.1, 0.15) is 44.3 Å². The molecule has 2 aromatic rings. The minimum atomic E-state index is -0.376. The molecular weight excluding hydrogens is 597 g/mol. The molecule has 2 fully saturated rings. The Morgan fingerprint density at radius 3 is 1.44 bits per heavy atom. The number of nitrogens with zero attached hydrogens (tertiary/aromatic N) is 8. The minimum Gasteiger partial charge on any atom is -0.299 e. The summed E-state index contributed by atoms with van der Waals surface area (Å²) in [6, 6.07) is 11.3. The van der Waals surface area contributed by atoms with E-state index in [4.69, 9.17) is 0 Å². The van der Waals surface area contributed by atoms with Crippen LogP contribution in [0.1, 0.15) is 38.8 Å². The third-order valence-corrected chi connectivity index (χ3v) is 11.0. The molecule has 0 saturated carbocycles. The van der Waals surface area contributed by atoms with E-state index in [2.05, 4.69) is 23.8 Å². The van der Waals surface area contributed by atoms with Crippen LogP contribution in [0.3, 0.4) is 0 Å². The van der Waals surface area contributed by atoms with E-state index in [1.807, 2.05) is 36.4 Å². The summed E-state index contributed by atoms with van der Waals surface area (Å²) in [6.07, 6.45) is 0. The van der Waals surface area contributed by atoms with Crippen molar-refractivity contribution in [1.29, 1.82) is 21.0 Å². The van der Waals surface area contributed by atoms with E-state index in [0.717, 1.165) is 44.4 Å². The zero-order valence-electron chi connectivity index (χ0n) is 22.1. The molecule has 1 aliphatic carbocycles. The predicted molar refractivity (Wildman–Crippen MR) is 160 cm³/mol. The highest BCUT2D eigenvalue weighted by Gasteiger charge is 2.41. The molecule has 0 unspecified atom stereocenters. The first kappa shape index (κ1) is 28.4. The molecule has 0 N–H and O–H groups in total. The molecule has 2 saturated heterocycles. The maximum atomic E-state index is 13.0. The lowest BCUT2D eigenvalue weighted by Gasteiger charge is -2.18. The molecule has 0 atom stereocenters. The van der Waals surface area contributed by atoms with Crippen molar-refractivity contribution in [2.75, 3.05) is 13.1 Å². The van der Waals surface area contributed by atoms with Gasteiger partial charge in [-0.05, 0) is 60.6 Å². The van der Waals surface area contributed by atoms with Crippen LogP contribution in [-0.4, -0.2) is 44.8 Å². The Morgan fingerprint density at radius 2 is 1.12 bits per heavy atom. The molecule has 10 nitrogen and oxygen atoms in total. The monoisotopic (exact) mass is 614 g/mol. The summed E-state index contributed by atoms with van der Waals surface area (Å²) in [5.74, 6) is -0.690. The van der Waals surface area contributed by atoms with E-state index < -0.39 is 0 Å². The highest BCUT2D eigenvalue weighted by Crippen LogP contribution is 2.58. The Labute approximate surface area is 252 Å². The van der Waals surface area contributed by atoms with Gasteiger partial charge >= 0.3 is 0 Å². The summed E-state index contributed by atoms with van der Waals surface area (Å²) >= 11 is 4.94. The first-order valence-electron chi connectivity index (χ1n) is 12.2. The number of fused-ring (bicyclic) bond motifs is 3. The average molecular weight is 615 g/mol. The van der Waals surface area contributed by atoms with Crippen LogP contribution in [0.2, 0.25) is 0 Å². The number of allylic oxidation sites excluding steroid dienone is 2. The molecular formula is C27H18N8O2S4. The van der Waals surface area contributed by atoms with Gasteiger partial charge in [0.15, 0.2) is 21.2 Å². The number of amides is 2. The molecule has 3 aliphatic rings. The second kappa shape index (κ2) is 10.7. The van der Waals surface area contributed by atoms with E-state index >= 15 is 0 Å². The van der Waals surface area contributed by atoms with Gasteiger partial charge in [0, 0.05) is 18.5 Å². The van der Waals surface area contributed by atoms with Crippen LogP contribution in [0.5, 0.6) is 0 Å². The van der Waals surface area contributed by atoms with Gasteiger partial charge in [-0.15, -0.1) is 22.7 Å². The van der Waals surface area contributed by atoms with Crippen LogP contribution >= 0.6 is 46.2 Å². The number of thiophene rings is 2. The predicted octanol–water partition coefficient (Wildman–Crippen LogP) is 5.88. The molecule has 4 heterocycles. The fourth-order valence-electron chi connectivity index (χ4n) is 4.60. The average Bonchev–Trinajstić information content (AvgIpc) is 3.73. The largest absolute Gasteiger partial charge is 0.299 e. The van der Waals surface area contributed by atoms with Crippen LogP contribution in [0, 0.1) is 45.3 Å². The number of carbonyl (C=O) groups is 2. The summed E-state index contributed by atoms with van der Waals surface area (Å²) in [4.78, 5) is 40.0. The lowest BCUT2D eigenvalue weighted by molar-refractivity contribution is -0.121. The van der Waals surface area contributed by atoms with Gasteiger partial charge in [-0.3, -0.25) is 19.4 Å². The fraction of sp³-hybridized carbons (Fsp3) is 0.259. The van der Waals surface area contributed by atoms with E-state index in [1.165, 1.54) is 32.5 Å². The third kappa shape index (κ3) is 4.46. The molecule has 0 radical (unpaired) electrons. The Bertz CT molecular complexity index is 1680. The molecule has 202 valence electrons. The molecule has 5 rings (SSSR count). The van der Waals surface area contributed by atoms with Crippen molar-refractivity contribution in [2.24, 2.45) is 9.98 Å². The number of thioether (sulfide) groups is 2. The SMILES string of the molecule is CCN1C(=O)C(=Nc2cc3c(s2)-c2sc(N=C4SC(=C(C#N)C#N)N(CC)C4=O)cc2C3(C)C)SC1=C(C#N)C#N. The highest BCUT2D eigenvalue weighted by molar-refractivity contribution is 8.20. The molecule has 0 aromatic carbocycles. The smallest absolute Gasteiger partial charge is 0.284 e. The molecule has 14 heteroatoms. The molecule has 41 heavy (non-hydrogen) atoms. The Morgan fingerprint density at radius 1 is 0.756 bits per heavy atom. The number of hydrogen-bond donors (Lipinski definition) is 0. The first-order chi connectivity index (χ1) is 19.6. The van der Waals surface area contributed by atoms with Crippen molar-refractivity contribution in [3.63, 3.8) is 0 Å². The summed E-state index contributed by atoms with van der Waals surface area (Å²) in [5.41, 5.74) is 1.51. The Kier molecular flexibility index (Phi) is 7.37. The topological polar surface area (TPSA) is 160 Å². The lowest BCUT2D eigenvalue weighted by atomic mass is 9.84. The maximum absolute atomic E-state index is 13.0. The molecule has 2 amide bonds. The van der Waals surface area contributed by atoms with Crippen molar-refractivity contribution >= 4 is 78.1 Å². The van der Waals surface area contributed by atoms with Gasteiger partial charge in [-0.25, -0.2) is 9.98 Å². The van der Waals surface area contributed by atoms with Gasteiger partial charge in [-0.2, -0.15) is 21.0 Å². The Balaban J connectivity index is 1.51. The number of aliphatic imine (C=N–C) groups is 2. The van der Waals surface area contributed by atoms with E-state index in [1.54, 1.807) is 13.8 Å². The normalized spacial score (nSPS) is 18.8. The first-order valence-corrected chi connectivity index (χ1v) is 15.4. The van der Waals surface area contributed by atoms with Crippen LogP contribution in [0.15, 0.2) is 43.3 Å². The summed E-state index contributed by atoms with van der Waals surface area (Å²) in [6.45, 7) is 8.35. The quantitative estimate of drug-likeness (QED) is 0.386. The number of carbonyl (C=O) groups excluding carboxylic acids is 2. The number of nitriles is 4. The summed E-state index contributed by atoms with van der Waals surface area (Å²) < 4.78 is 0. The summed E-state index contributed by atoms with van der Waals surface area (Å²) in [5, 5.41) is 39.5. The molecule has 2 aromatic heterocycles. The van der Waals surface area contributed by atoms with Gasteiger partial charge in [0.05, 0.1) is 9.75 Å². The zero-order valence-corrected chi connectivity index (χ0v) is 25.4. The lowest BCUT2D eigenvalue weighted by Crippen LogP contribution is -2.26. The van der Waals surface area contributed by atoms with E-state index in [0.29, 0.717) is 33.1 Å². The molecule has 2 aliphatic heterocycles. The van der Waals surface area contributed by atoms with Crippen molar-refractivity contribution in [2.45, 2.75) is 33.1 Å². The zero-order chi connectivity index (χ0) is 29.6. The maximum Gasteiger partial charge on any atom is 0.284 e. The highest BCUT2D eigenvalue weighted by atomic mass is 32.2. The van der Waals surface area contributed by atoms with Gasteiger partial charge in [0.25, 0.3) is 11.8 Å². The van der Waals surface area contributed by atoms with Gasteiger partial charge in [-0.1, -0.05) is 13.8 Å². The standard InChI is InChI=1S/C27H18N8O2S4/c1-5-34-23(36)21(40-25(34)13(9-28)10-29)32-17-7-15-19(38-17)20-16(27(15,3)4)8-18(39-20)33-22-24(37)35(6-2)26(41-22)14(11-30)12-31/h7-8H,5-6H2,1-4H3. The second-order valence-corrected chi connectivity index (χ2v) is 13.2. The third-order valence-electron chi connectivity index (χ3n) is 6.66. The minimum absolute atomic E-state index is 0.123. The number of hydrogen-bond acceptors (Lipinski definition) is 12. The van der Waals surface area contributed by atoms with Gasteiger partial charge < -0.3 is 0 Å². The molecule has 0 bridgehead atoms. The van der Waals surface area contributed by atoms with Crippen LogP contribution in [0.4, 0.5) is 10.0 Å². The second-order valence-electron chi connectivity index (χ2n) is 9.22.